The molecule has 0 bridgehead atoms. The van der Waals surface area contributed by atoms with E-state index in [2.05, 4.69) is 5.32 Å². The van der Waals surface area contributed by atoms with Crippen LogP contribution in [0.4, 0.5) is 0 Å². The summed E-state index contributed by atoms with van der Waals surface area (Å²) >= 11 is 0. The highest BCUT2D eigenvalue weighted by Gasteiger charge is 2.28. The van der Waals surface area contributed by atoms with Gasteiger partial charge in [0.05, 0.1) is 6.61 Å². The van der Waals surface area contributed by atoms with Crippen molar-refractivity contribution in [3.8, 4) is 0 Å². The molecule has 1 aliphatic carbocycles. The van der Waals surface area contributed by atoms with Gasteiger partial charge in [-0.15, -0.1) is 0 Å². The Kier molecular flexibility index (Phi) is 5.01. The summed E-state index contributed by atoms with van der Waals surface area (Å²) in [6.45, 7) is 1.91. The Morgan fingerprint density at radius 1 is 1.67 bits per heavy atom. The molecular weight excluding hydrogens is 196 g/mol. The Hall–Kier alpha value is -0.650. The number of ether oxygens (including phenoxy) is 1. The summed E-state index contributed by atoms with van der Waals surface area (Å²) in [5, 5.41) is 12.1. The predicted octanol–water partition coefficient (Wildman–Crippen LogP) is -0.230. The second kappa shape index (κ2) is 6.05. The van der Waals surface area contributed by atoms with E-state index in [1.54, 1.807) is 7.11 Å². The zero-order chi connectivity index (χ0) is 11.3. The van der Waals surface area contributed by atoms with Gasteiger partial charge < -0.3 is 20.1 Å². The Bertz CT molecular complexity index is 207. The predicted molar refractivity (Wildman–Crippen MR) is 57.0 cm³/mol. The highest BCUT2D eigenvalue weighted by atomic mass is 16.5. The number of hydrogen-bond donors (Lipinski definition) is 2. The van der Waals surface area contributed by atoms with E-state index in [0.29, 0.717) is 19.2 Å². The molecule has 5 heteroatoms. The van der Waals surface area contributed by atoms with Crippen LogP contribution in [0, 0.1) is 0 Å². The Labute approximate surface area is 90.4 Å². The third kappa shape index (κ3) is 5.11. The van der Waals surface area contributed by atoms with Gasteiger partial charge in [0.15, 0.2) is 0 Å². The van der Waals surface area contributed by atoms with E-state index < -0.39 is 12.0 Å². The maximum Gasteiger partial charge on any atom is 0.322 e. The summed E-state index contributed by atoms with van der Waals surface area (Å²) in [5.74, 6) is -0.772. The molecule has 2 N–H and O–H groups in total. The fraction of sp³-hybridized carbons (Fsp3) is 0.900. The largest absolute Gasteiger partial charge is 0.480 e. The lowest BCUT2D eigenvalue weighted by atomic mass is 10.2. The zero-order valence-electron chi connectivity index (χ0n) is 9.40. The van der Waals surface area contributed by atoms with Gasteiger partial charge in [-0.05, 0) is 19.9 Å². The van der Waals surface area contributed by atoms with Crippen molar-refractivity contribution in [3.05, 3.63) is 0 Å². The minimum Gasteiger partial charge on any atom is -0.480 e. The van der Waals surface area contributed by atoms with E-state index in [1.165, 1.54) is 0 Å². The molecule has 1 saturated carbocycles. The fourth-order valence-corrected chi connectivity index (χ4v) is 1.39. The lowest BCUT2D eigenvalue weighted by Crippen LogP contribution is -2.46. The first-order valence-electron chi connectivity index (χ1n) is 5.30. The monoisotopic (exact) mass is 216 g/mol. The first kappa shape index (κ1) is 12.4. The molecule has 0 aromatic heterocycles. The van der Waals surface area contributed by atoms with Crippen LogP contribution < -0.4 is 5.32 Å². The number of likely N-dealkylation sites (N-methyl/N-ethyl adjacent to an activating group) is 1. The van der Waals surface area contributed by atoms with Crippen LogP contribution in [0.15, 0.2) is 0 Å². The molecule has 0 radical (unpaired) electrons. The van der Waals surface area contributed by atoms with Crippen molar-refractivity contribution in [1.29, 1.82) is 0 Å². The van der Waals surface area contributed by atoms with Crippen LogP contribution in [0.3, 0.4) is 0 Å². The molecule has 1 fully saturated rings. The van der Waals surface area contributed by atoms with Gasteiger partial charge >= 0.3 is 5.97 Å². The topological polar surface area (TPSA) is 61.8 Å². The molecule has 1 unspecified atom stereocenters. The van der Waals surface area contributed by atoms with E-state index in [-0.39, 0.29) is 0 Å². The molecule has 0 aliphatic heterocycles. The van der Waals surface area contributed by atoms with Gasteiger partial charge in [0.2, 0.25) is 0 Å². The summed E-state index contributed by atoms with van der Waals surface area (Å²) in [5.41, 5.74) is 0. The van der Waals surface area contributed by atoms with Crippen molar-refractivity contribution in [3.63, 3.8) is 0 Å². The average Bonchev–Trinajstić information content (AvgIpc) is 2.97. The van der Waals surface area contributed by atoms with Crippen LogP contribution in [0.1, 0.15) is 12.8 Å². The minimum atomic E-state index is -0.772. The summed E-state index contributed by atoms with van der Waals surface area (Å²) in [6.07, 6.45) is 2.21. The molecule has 0 aromatic rings. The van der Waals surface area contributed by atoms with Crippen molar-refractivity contribution < 1.29 is 14.6 Å². The van der Waals surface area contributed by atoms with Gasteiger partial charge in [-0.25, -0.2) is 0 Å². The normalized spacial score (nSPS) is 18.1. The Morgan fingerprint density at radius 3 is 2.80 bits per heavy atom. The molecule has 1 atom stereocenters. The van der Waals surface area contributed by atoms with Gasteiger partial charge in [-0.1, -0.05) is 0 Å². The minimum absolute atomic E-state index is 0.418. The summed E-state index contributed by atoms with van der Waals surface area (Å²) in [4.78, 5) is 12.9. The fourth-order valence-electron chi connectivity index (χ4n) is 1.39. The van der Waals surface area contributed by atoms with Crippen LogP contribution in [0.25, 0.3) is 0 Å². The third-order valence-electron chi connectivity index (χ3n) is 2.48. The standard InChI is InChI=1S/C10H20N2O3/c1-12(5-6-15-2)7-9(10(13)14)11-8-3-4-8/h8-9,11H,3-7H2,1-2H3,(H,13,14). The second-order valence-electron chi connectivity index (χ2n) is 4.09. The summed E-state index contributed by atoms with van der Waals surface area (Å²) < 4.78 is 4.94. The van der Waals surface area contributed by atoms with E-state index in [9.17, 15) is 4.79 Å². The first-order chi connectivity index (χ1) is 7.13. The first-order valence-corrected chi connectivity index (χ1v) is 5.30. The van der Waals surface area contributed by atoms with E-state index in [0.717, 1.165) is 19.4 Å². The van der Waals surface area contributed by atoms with E-state index >= 15 is 0 Å². The van der Waals surface area contributed by atoms with Crippen LogP contribution in [-0.4, -0.2) is 61.9 Å². The Morgan fingerprint density at radius 2 is 2.33 bits per heavy atom. The third-order valence-corrected chi connectivity index (χ3v) is 2.48. The Balaban J connectivity index is 2.25. The lowest BCUT2D eigenvalue weighted by molar-refractivity contribution is -0.140. The molecule has 0 amide bonds. The highest BCUT2D eigenvalue weighted by molar-refractivity contribution is 5.73. The van der Waals surface area contributed by atoms with Gasteiger partial charge in [0, 0.05) is 26.2 Å². The molecular formula is C10H20N2O3. The summed E-state index contributed by atoms with van der Waals surface area (Å²) in [7, 11) is 3.55. The molecule has 0 aromatic carbocycles. The van der Waals surface area contributed by atoms with Gasteiger partial charge in [-0.2, -0.15) is 0 Å². The summed E-state index contributed by atoms with van der Waals surface area (Å²) in [6, 6.07) is -0.0405. The molecule has 0 heterocycles. The molecule has 0 saturated heterocycles. The molecule has 1 rings (SSSR count). The molecule has 5 nitrogen and oxygen atoms in total. The van der Waals surface area contributed by atoms with Crippen molar-refractivity contribution in [2.45, 2.75) is 24.9 Å². The number of nitrogens with zero attached hydrogens (tertiary/aromatic N) is 1. The molecule has 1 aliphatic rings. The number of hydrogen-bond acceptors (Lipinski definition) is 4. The lowest BCUT2D eigenvalue weighted by Gasteiger charge is -2.21. The maximum atomic E-state index is 11.0. The van der Waals surface area contributed by atoms with Crippen molar-refractivity contribution in [2.75, 3.05) is 33.9 Å². The number of aliphatic carboxylic acids is 1. The maximum absolute atomic E-state index is 11.0. The van der Waals surface area contributed by atoms with Crippen molar-refractivity contribution in [2.24, 2.45) is 0 Å². The van der Waals surface area contributed by atoms with E-state index in [1.807, 2.05) is 11.9 Å². The number of carboxylic acid groups (broad SMARTS) is 1. The zero-order valence-corrected chi connectivity index (χ0v) is 9.40. The van der Waals surface area contributed by atoms with Crippen LogP contribution in [0.2, 0.25) is 0 Å². The average molecular weight is 216 g/mol. The quantitative estimate of drug-likeness (QED) is 0.587. The van der Waals surface area contributed by atoms with Gasteiger partial charge in [0.25, 0.3) is 0 Å². The number of nitrogens with one attached hydrogen (secondary N) is 1. The van der Waals surface area contributed by atoms with Crippen LogP contribution >= 0.6 is 0 Å². The molecule has 15 heavy (non-hydrogen) atoms. The van der Waals surface area contributed by atoms with Gasteiger partial charge in [0.1, 0.15) is 6.04 Å². The number of carbonyl (C=O) groups is 1. The number of methoxy groups -OCH3 is 1. The van der Waals surface area contributed by atoms with Crippen molar-refractivity contribution in [1.82, 2.24) is 10.2 Å². The van der Waals surface area contributed by atoms with Crippen molar-refractivity contribution >= 4 is 5.97 Å². The van der Waals surface area contributed by atoms with Gasteiger partial charge in [-0.3, -0.25) is 4.79 Å². The second-order valence-corrected chi connectivity index (χ2v) is 4.09. The highest BCUT2D eigenvalue weighted by Crippen LogP contribution is 2.19. The molecule has 0 spiro atoms. The SMILES string of the molecule is COCCN(C)CC(NC1CC1)C(=O)O. The van der Waals surface area contributed by atoms with E-state index in [4.69, 9.17) is 9.84 Å². The van der Waals surface area contributed by atoms with Crippen LogP contribution in [0.5, 0.6) is 0 Å². The molecule has 88 valence electrons. The number of rotatable bonds is 8. The van der Waals surface area contributed by atoms with Crippen LogP contribution in [-0.2, 0) is 9.53 Å². The number of carboxylic acids is 1. The smallest absolute Gasteiger partial charge is 0.322 e.